The molecule has 1 N–H and O–H groups in total. The summed E-state index contributed by atoms with van der Waals surface area (Å²) >= 11 is 6.11. The fourth-order valence-corrected chi connectivity index (χ4v) is 6.02. The van der Waals surface area contributed by atoms with Crippen LogP contribution in [0.4, 0.5) is 5.69 Å². The number of aryl methyl sites for hydroxylation is 2. The largest absolute Gasteiger partial charge is 0.354 e. The van der Waals surface area contributed by atoms with Gasteiger partial charge in [0.25, 0.3) is 0 Å². The third-order valence-electron chi connectivity index (χ3n) is 7.01. The lowest BCUT2D eigenvalue weighted by atomic mass is 10.0. The van der Waals surface area contributed by atoms with Gasteiger partial charge in [-0.25, -0.2) is 8.42 Å². The Bertz CT molecular complexity index is 1410. The van der Waals surface area contributed by atoms with Crippen molar-refractivity contribution in [1.82, 2.24) is 10.2 Å². The average molecular weight is 612 g/mol. The monoisotopic (exact) mass is 611 g/mol. The molecule has 0 spiro atoms. The molecular formula is C33H42ClN3O4S. The molecule has 3 aromatic carbocycles. The summed E-state index contributed by atoms with van der Waals surface area (Å²) < 4.78 is 26.8. The highest BCUT2D eigenvalue weighted by Gasteiger charge is 2.30. The number of unbranched alkanes of at least 4 members (excludes halogenated alkanes) is 1. The number of hydrogen-bond donors (Lipinski definition) is 1. The Hall–Kier alpha value is -3.36. The molecule has 0 aliphatic heterocycles. The maximum Gasteiger partial charge on any atom is 0.243 e. The predicted molar refractivity (Wildman–Crippen MR) is 171 cm³/mol. The van der Waals surface area contributed by atoms with Crippen molar-refractivity contribution in [1.29, 1.82) is 0 Å². The first-order chi connectivity index (χ1) is 20.0. The van der Waals surface area contributed by atoms with Gasteiger partial charge in [-0.3, -0.25) is 13.9 Å². The second kappa shape index (κ2) is 15.8. The van der Waals surface area contributed by atoms with Gasteiger partial charge >= 0.3 is 0 Å². The highest BCUT2D eigenvalue weighted by Crippen LogP contribution is 2.23. The van der Waals surface area contributed by atoms with Crippen LogP contribution in [0.5, 0.6) is 0 Å². The minimum Gasteiger partial charge on any atom is -0.354 e. The van der Waals surface area contributed by atoms with E-state index in [0.717, 1.165) is 35.1 Å². The molecule has 7 nitrogen and oxygen atoms in total. The van der Waals surface area contributed by atoms with Crippen molar-refractivity contribution < 1.29 is 18.0 Å². The Morgan fingerprint density at radius 3 is 2.14 bits per heavy atom. The Morgan fingerprint density at radius 1 is 0.905 bits per heavy atom. The van der Waals surface area contributed by atoms with Gasteiger partial charge in [0.2, 0.25) is 21.8 Å². The van der Waals surface area contributed by atoms with Gasteiger partial charge in [0, 0.05) is 37.5 Å². The summed E-state index contributed by atoms with van der Waals surface area (Å²) in [5.41, 5.74) is 4.29. The fraction of sp³-hybridized carbons (Fsp3) is 0.394. The molecule has 226 valence electrons. The lowest BCUT2D eigenvalue weighted by molar-refractivity contribution is -0.141. The topological polar surface area (TPSA) is 86.8 Å². The molecule has 0 aliphatic rings. The molecule has 0 saturated carbocycles. The molecule has 0 unspecified atom stereocenters. The second-order valence-electron chi connectivity index (χ2n) is 10.8. The standard InChI is InChI=1S/C33H42ClN3O4S/c1-5-6-18-35-33(39)31(23-27-11-8-7-9-12-27)36(24-28-14-16-29(34)17-15-28)32(38)13-10-19-37(42(4,40)41)30-21-25(2)20-26(3)22-30/h7-9,11-12,14-17,20-22,31H,5-6,10,13,18-19,23-24H2,1-4H3,(H,35,39)/t31-/m1/s1. The summed E-state index contributed by atoms with van der Waals surface area (Å²) in [4.78, 5) is 29.1. The number of rotatable bonds is 15. The second-order valence-corrected chi connectivity index (χ2v) is 13.1. The van der Waals surface area contributed by atoms with Gasteiger partial charge in [0.1, 0.15) is 6.04 Å². The van der Waals surface area contributed by atoms with E-state index in [9.17, 15) is 18.0 Å². The van der Waals surface area contributed by atoms with Crippen LogP contribution in [0.3, 0.4) is 0 Å². The minimum atomic E-state index is -3.57. The van der Waals surface area contributed by atoms with Crippen LogP contribution in [0.25, 0.3) is 0 Å². The zero-order valence-corrected chi connectivity index (χ0v) is 26.5. The zero-order chi connectivity index (χ0) is 30.7. The first kappa shape index (κ1) is 33.1. The molecule has 42 heavy (non-hydrogen) atoms. The van der Waals surface area contributed by atoms with Crippen LogP contribution >= 0.6 is 11.6 Å². The molecule has 0 radical (unpaired) electrons. The number of anilines is 1. The fourth-order valence-electron chi connectivity index (χ4n) is 4.95. The third-order valence-corrected chi connectivity index (χ3v) is 8.46. The number of benzene rings is 3. The maximum absolute atomic E-state index is 13.9. The first-order valence-corrected chi connectivity index (χ1v) is 16.6. The van der Waals surface area contributed by atoms with Crippen LogP contribution in [-0.2, 0) is 32.6 Å². The third kappa shape index (κ3) is 10.2. The zero-order valence-electron chi connectivity index (χ0n) is 25.0. The Morgan fingerprint density at radius 2 is 1.55 bits per heavy atom. The Labute approximate surface area is 255 Å². The highest BCUT2D eigenvalue weighted by atomic mass is 35.5. The van der Waals surface area contributed by atoms with Crippen LogP contribution in [0.2, 0.25) is 5.02 Å². The maximum atomic E-state index is 13.9. The molecule has 0 heterocycles. The van der Waals surface area contributed by atoms with Crippen LogP contribution in [-0.4, -0.2) is 50.5 Å². The van der Waals surface area contributed by atoms with Crippen molar-refractivity contribution in [2.45, 2.75) is 65.5 Å². The van der Waals surface area contributed by atoms with Crippen LogP contribution in [0.1, 0.15) is 54.9 Å². The lowest BCUT2D eigenvalue weighted by Gasteiger charge is -2.32. The van der Waals surface area contributed by atoms with Crippen LogP contribution in [0.15, 0.2) is 72.8 Å². The van der Waals surface area contributed by atoms with Gasteiger partial charge in [-0.1, -0.05) is 73.5 Å². The van der Waals surface area contributed by atoms with Crippen LogP contribution in [0, 0.1) is 13.8 Å². The number of hydrogen-bond acceptors (Lipinski definition) is 4. The van der Waals surface area contributed by atoms with Crippen molar-refractivity contribution in [2.24, 2.45) is 0 Å². The Balaban J connectivity index is 1.88. The molecule has 3 aromatic rings. The van der Waals surface area contributed by atoms with Crippen LogP contribution < -0.4 is 9.62 Å². The molecule has 2 amide bonds. The van der Waals surface area contributed by atoms with Crippen molar-refractivity contribution in [3.8, 4) is 0 Å². The molecule has 0 aromatic heterocycles. The lowest BCUT2D eigenvalue weighted by Crippen LogP contribution is -2.50. The van der Waals surface area contributed by atoms with Gasteiger partial charge < -0.3 is 10.2 Å². The van der Waals surface area contributed by atoms with Crippen molar-refractivity contribution in [3.63, 3.8) is 0 Å². The first-order valence-electron chi connectivity index (χ1n) is 14.4. The van der Waals surface area contributed by atoms with Gasteiger partial charge in [-0.05, 0) is 73.2 Å². The van der Waals surface area contributed by atoms with E-state index in [1.54, 1.807) is 17.0 Å². The van der Waals surface area contributed by atoms with E-state index in [2.05, 4.69) is 12.2 Å². The molecule has 3 rings (SSSR count). The Kier molecular flexibility index (Phi) is 12.4. The van der Waals surface area contributed by atoms with E-state index in [-0.39, 0.29) is 31.3 Å². The SMILES string of the molecule is CCCCNC(=O)[C@@H](Cc1ccccc1)N(Cc1ccc(Cl)cc1)C(=O)CCCN(c1cc(C)cc(C)c1)S(C)(=O)=O. The van der Waals surface area contributed by atoms with E-state index < -0.39 is 16.1 Å². The van der Waals surface area contributed by atoms with Gasteiger partial charge in [0.15, 0.2) is 0 Å². The minimum absolute atomic E-state index is 0.0813. The smallest absolute Gasteiger partial charge is 0.243 e. The van der Waals surface area contributed by atoms with E-state index in [4.69, 9.17) is 11.6 Å². The van der Waals surface area contributed by atoms with E-state index in [1.165, 1.54) is 10.6 Å². The van der Waals surface area contributed by atoms with Gasteiger partial charge in [0.05, 0.1) is 11.9 Å². The van der Waals surface area contributed by atoms with Crippen molar-refractivity contribution in [3.05, 3.63) is 100 Å². The number of nitrogens with one attached hydrogen (secondary N) is 1. The number of amides is 2. The summed E-state index contributed by atoms with van der Waals surface area (Å²) in [6.07, 6.45) is 3.69. The quantitative estimate of drug-likeness (QED) is 0.212. The van der Waals surface area contributed by atoms with E-state index in [1.807, 2.05) is 74.5 Å². The summed E-state index contributed by atoms with van der Waals surface area (Å²) in [6.45, 7) is 6.81. The molecule has 0 bridgehead atoms. The molecule has 9 heteroatoms. The van der Waals surface area contributed by atoms with E-state index >= 15 is 0 Å². The summed E-state index contributed by atoms with van der Waals surface area (Å²) in [7, 11) is -3.57. The normalized spacial score (nSPS) is 12.0. The molecule has 1 atom stereocenters. The number of sulfonamides is 1. The summed E-state index contributed by atoms with van der Waals surface area (Å²) in [5, 5.41) is 3.60. The van der Waals surface area contributed by atoms with E-state index in [0.29, 0.717) is 30.1 Å². The molecule has 0 fully saturated rings. The average Bonchev–Trinajstić information content (AvgIpc) is 2.93. The molecule has 0 aliphatic carbocycles. The summed E-state index contributed by atoms with van der Waals surface area (Å²) in [5.74, 6) is -0.423. The van der Waals surface area contributed by atoms with Crippen molar-refractivity contribution in [2.75, 3.05) is 23.7 Å². The number of nitrogens with zero attached hydrogens (tertiary/aromatic N) is 2. The number of carbonyl (C=O) groups excluding carboxylic acids is 2. The summed E-state index contributed by atoms with van der Waals surface area (Å²) in [6, 6.07) is 21.8. The van der Waals surface area contributed by atoms with Gasteiger partial charge in [-0.2, -0.15) is 0 Å². The highest BCUT2D eigenvalue weighted by molar-refractivity contribution is 7.92. The molecular weight excluding hydrogens is 570 g/mol. The molecule has 0 saturated heterocycles. The van der Waals surface area contributed by atoms with Gasteiger partial charge in [-0.15, -0.1) is 0 Å². The van der Waals surface area contributed by atoms with Crippen molar-refractivity contribution >= 4 is 39.1 Å². The number of halogens is 1. The predicted octanol–water partition coefficient (Wildman–Crippen LogP) is 6.06. The number of carbonyl (C=O) groups is 2.